The number of ether oxygens (including phenoxy) is 1. The van der Waals surface area contributed by atoms with Crippen LogP contribution >= 0.6 is 0 Å². The smallest absolute Gasteiger partial charge is 0.414 e. The lowest BCUT2D eigenvalue weighted by Gasteiger charge is -2.35. The zero-order valence-corrected chi connectivity index (χ0v) is 19.5. The number of likely N-dealkylation sites (N-methyl/N-ethyl adjacent to an activating group) is 1. The van der Waals surface area contributed by atoms with Crippen molar-refractivity contribution < 1.29 is 33.0 Å². The molecule has 0 radical (unpaired) electrons. The number of carboxylic acid groups (broad SMARTS) is 2. The van der Waals surface area contributed by atoms with Gasteiger partial charge in [-0.25, -0.2) is 22.0 Å². The summed E-state index contributed by atoms with van der Waals surface area (Å²) in [5.74, 6) is -3.65. The predicted molar refractivity (Wildman–Crippen MR) is 122 cm³/mol. The number of nitrogens with zero attached hydrogens (tertiary/aromatic N) is 2. The molecule has 4 rings (SSSR count). The number of aryl methyl sites for hydroxylation is 1. The van der Waals surface area contributed by atoms with Gasteiger partial charge in [-0.3, -0.25) is 0 Å². The monoisotopic (exact) mass is 474 g/mol. The average molecular weight is 475 g/mol. The fourth-order valence-electron chi connectivity index (χ4n) is 4.06. The van der Waals surface area contributed by atoms with Gasteiger partial charge in [0.2, 0.25) is 0 Å². The van der Waals surface area contributed by atoms with Gasteiger partial charge in [-0.1, -0.05) is 29.8 Å². The van der Waals surface area contributed by atoms with E-state index >= 15 is 0 Å². The molecule has 2 atom stereocenters. The average Bonchev–Trinajstić information content (AvgIpc) is 3.15. The molecule has 0 saturated carbocycles. The van der Waals surface area contributed by atoms with Crippen LogP contribution in [0.3, 0.4) is 0 Å². The molecule has 2 N–H and O–H groups in total. The zero-order chi connectivity index (χ0) is 24.5. The molecule has 0 bridgehead atoms. The molecule has 0 spiro atoms. The molecule has 3 aromatic rings. The Morgan fingerprint density at radius 3 is 2.18 bits per heavy atom. The van der Waals surface area contributed by atoms with Gasteiger partial charge in [0.1, 0.15) is 0 Å². The van der Waals surface area contributed by atoms with E-state index in [0.29, 0.717) is 10.4 Å². The van der Waals surface area contributed by atoms with Crippen LogP contribution in [0, 0.1) is 6.92 Å². The highest BCUT2D eigenvalue weighted by Gasteiger charge is 2.35. The van der Waals surface area contributed by atoms with Crippen LogP contribution < -0.4 is 0 Å². The fourth-order valence-corrected chi connectivity index (χ4v) is 5.44. The van der Waals surface area contributed by atoms with Crippen LogP contribution in [0.2, 0.25) is 0 Å². The molecule has 33 heavy (non-hydrogen) atoms. The van der Waals surface area contributed by atoms with Crippen molar-refractivity contribution in [2.75, 3.05) is 21.2 Å². The van der Waals surface area contributed by atoms with Crippen molar-refractivity contribution in [2.45, 2.75) is 30.4 Å². The van der Waals surface area contributed by atoms with Gasteiger partial charge < -0.3 is 19.8 Å². The molecule has 1 heterocycles. The van der Waals surface area contributed by atoms with Gasteiger partial charge in [0, 0.05) is 24.7 Å². The Labute approximate surface area is 191 Å². The maximum Gasteiger partial charge on any atom is 0.414 e. The SMILES string of the molecule is COC1c2cccc3c2c(cn3S(=O)(=O)c2ccc(C)cc2)CC1N(C)C.O=C(O)C(=O)O. The number of carbonyl (C=O) groups is 2. The number of benzene rings is 2. The van der Waals surface area contributed by atoms with Crippen LogP contribution in [0.5, 0.6) is 0 Å². The first-order valence-corrected chi connectivity index (χ1v) is 11.5. The third kappa shape index (κ3) is 4.63. The number of hydrogen-bond acceptors (Lipinski definition) is 6. The van der Waals surface area contributed by atoms with E-state index in [1.54, 1.807) is 25.4 Å². The molecule has 0 aliphatic heterocycles. The standard InChI is InChI=1S/C21H24N2O3S.C2H2O4/c1-14-8-10-16(11-9-14)27(24,25)23-13-15-12-19(22(2)3)21(26-4)17-6-5-7-18(23)20(15)17;3-1(4)2(5)6/h5-11,13,19,21H,12H2,1-4H3;(H,3,4)(H,5,6). The second-order valence-electron chi connectivity index (χ2n) is 8.01. The van der Waals surface area contributed by atoms with Gasteiger partial charge in [-0.15, -0.1) is 0 Å². The Morgan fingerprint density at radius 1 is 1.06 bits per heavy atom. The largest absolute Gasteiger partial charge is 0.473 e. The molecule has 1 aliphatic carbocycles. The van der Waals surface area contributed by atoms with Crippen LogP contribution in [-0.2, 0) is 30.8 Å². The summed E-state index contributed by atoms with van der Waals surface area (Å²) >= 11 is 0. The van der Waals surface area contributed by atoms with Crippen molar-refractivity contribution in [3.05, 3.63) is 65.4 Å². The Balaban J connectivity index is 0.000000454. The maximum absolute atomic E-state index is 13.3. The molecule has 0 amide bonds. The first-order chi connectivity index (χ1) is 15.5. The lowest BCUT2D eigenvalue weighted by molar-refractivity contribution is -0.159. The van der Waals surface area contributed by atoms with Gasteiger partial charge in [0.05, 0.1) is 16.5 Å². The summed E-state index contributed by atoms with van der Waals surface area (Å²) in [5, 5.41) is 15.8. The van der Waals surface area contributed by atoms with E-state index in [2.05, 4.69) is 4.90 Å². The minimum absolute atomic E-state index is 0.0888. The summed E-state index contributed by atoms with van der Waals surface area (Å²) in [6.07, 6.45) is 2.44. The highest BCUT2D eigenvalue weighted by atomic mass is 32.2. The zero-order valence-electron chi connectivity index (χ0n) is 18.7. The van der Waals surface area contributed by atoms with Crippen molar-refractivity contribution in [1.29, 1.82) is 0 Å². The molecule has 1 aliphatic rings. The van der Waals surface area contributed by atoms with Crippen LogP contribution in [0.15, 0.2) is 53.6 Å². The van der Waals surface area contributed by atoms with Crippen molar-refractivity contribution in [3.63, 3.8) is 0 Å². The second-order valence-corrected chi connectivity index (χ2v) is 9.83. The molecular weight excluding hydrogens is 448 g/mol. The van der Waals surface area contributed by atoms with Crippen molar-refractivity contribution in [3.8, 4) is 0 Å². The molecule has 1 aromatic heterocycles. The Hall–Kier alpha value is -3.21. The molecule has 9 nitrogen and oxygen atoms in total. The van der Waals surface area contributed by atoms with Gasteiger partial charge in [0.15, 0.2) is 0 Å². The molecule has 0 fully saturated rings. The van der Waals surface area contributed by atoms with E-state index in [9.17, 15) is 8.42 Å². The van der Waals surface area contributed by atoms with Gasteiger partial charge in [-0.2, -0.15) is 0 Å². The van der Waals surface area contributed by atoms with E-state index < -0.39 is 22.0 Å². The van der Waals surface area contributed by atoms with E-state index in [1.807, 2.05) is 51.4 Å². The number of aromatic nitrogens is 1. The van der Waals surface area contributed by atoms with Crippen molar-refractivity contribution in [2.24, 2.45) is 0 Å². The fraction of sp³-hybridized carbons (Fsp3) is 0.304. The summed E-state index contributed by atoms with van der Waals surface area (Å²) in [4.78, 5) is 20.6. The topological polar surface area (TPSA) is 126 Å². The van der Waals surface area contributed by atoms with E-state index in [1.165, 1.54) is 3.97 Å². The lowest BCUT2D eigenvalue weighted by atomic mass is 9.86. The Bertz CT molecular complexity index is 1280. The molecule has 176 valence electrons. The van der Waals surface area contributed by atoms with Crippen molar-refractivity contribution in [1.82, 2.24) is 8.87 Å². The third-order valence-electron chi connectivity index (χ3n) is 5.67. The van der Waals surface area contributed by atoms with E-state index in [0.717, 1.165) is 28.5 Å². The number of methoxy groups -OCH3 is 1. The molecule has 2 unspecified atom stereocenters. The summed E-state index contributed by atoms with van der Waals surface area (Å²) < 4.78 is 33.8. The lowest BCUT2D eigenvalue weighted by Crippen LogP contribution is -2.38. The normalized spacial score (nSPS) is 17.5. The highest BCUT2D eigenvalue weighted by molar-refractivity contribution is 7.90. The number of hydrogen-bond donors (Lipinski definition) is 2. The van der Waals surface area contributed by atoms with Crippen LogP contribution in [0.25, 0.3) is 10.9 Å². The maximum atomic E-state index is 13.3. The van der Waals surface area contributed by atoms with Crippen molar-refractivity contribution >= 4 is 32.9 Å². The van der Waals surface area contributed by atoms with Gasteiger partial charge >= 0.3 is 11.9 Å². The summed E-state index contributed by atoms with van der Waals surface area (Å²) in [6.45, 7) is 1.95. The number of carboxylic acids is 2. The van der Waals surface area contributed by atoms with Crippen LogP contribution in [-0.4, -0.2) is 66.7 Å². The van der Waals surface area contributed by atoms with Gasteiger partial charge in [-0.05, 0) is 56.8 Å². The number of rotatable bonds is 4. The molecule has 2 aromatic carbocycles. The Kier molecular flexibility index (Phi) is 6.92. The van der Waals surface area contributed by atoms with E-state index in [-0.39, 0.29) is 12.1 Å². The third-order valence-corrected chi connectivity index (χ3v) is 7.36. The van der Waals surface area contributed by atoms with Gasteiger partial charge in [0.25, 0.3) is 10.0 Å². The molecular formula is C23H26N2O7S. The van der Waals surface area contributed by atoms with Crippen LogP contribution in [0.1, 0.15) is 22.8 Å². The van der Waals surface area contributed by atoms with Crippen LogP contribution in [0.4, 0.5) is 0 Å². The molecule has 0 saturated heterocycles. The quantitative estimate of drug-likeness (QED) is 0.553. The first-order valence-electron chi connectivity index (χ1n) is 10.1. The number of aliphatic carboxylic acids is 2. The minimum atomic E-state index is -3.66. The van der Waals surface area contributed by atoms with E-state index in [4.69, 9.17) is 24.5 Å². The predicted octanol–water partition coefficient (Wildman–Crippen LogP) is 2.52. The summed E-state index contributed by atoms with van der Waals surface area (Å²) in [5.41, 5.74) is 3.84. The highest BCUT2D eigenvalue weighted by Crippen LogP contribution is 2.40. The minimum Gasteiger partial charge on any atom is -0.473 e. The molecule has 10 heteroatoms. The summed E-state index contributed by atoms with van der Waals surface area (Å²) in [6, 6.07) is 13.0. The first kappa shape index (κ1) is 24.4. The second kappa shape index (κ2) is 9.34. The summed E-state index contributed by atoms with van der Waals surface area (Å²) in [7, 11) is 2.11. The Morgan fingerprint density at radius 2 is 1.67 bits per heavy atom.